The average molecular weight is 198 g/mol. The van der Waals surface area contributed by atoms with Crippen molar-refractivity contribution in [3.63, 3.8) is 0 Å². The normalized spacial score (nSPS) is 27.0. The van der Waals surface area contributed by atoms with E-state index in [4.69, 9.17) is 0 Å². The SMILES string of the molecule is CC(C)N(CC1CN1C(C)C)C(C)C. The predicted molar refractivity (Wildman–Crippen MR) is 62.6 cm³/mol. The van der Waals surface area contributed by atoms with Crippen molar-refractivity contribution in [3.8, 4) is 0 Å². The Labute approximate surface area is 89.3 Å². The Morgan fingerprint density at radius 2 is 1.57 bits per heavy atom. The van der Waals surface area contributed by atoms with E-state index >= 15 is 0 Å². The standard InChI is InChI=1S/C12H26N2/c1-9(2)13(10(3)4)7-12-8-14(12)11(5)6/h9-12H,7-8H2,1-6H3. The average Bonchev–Trinajstić information content (AvgIpc) is 2.77. The molecule has 1 fully saturated rings. The lowest BCUT2D eigenvalue weighted by molar-refractivity contribution is 0.166. The quantitative estimate of drug-likeness (QED) is 0.625. The van der Waals surface area contributed by atoms with Crippen LogP contribution in [0.2, 0.25) is 0 Å². The number of nitrogens with zero attached hydrogens (tertiary/aromatic N) is 2. The molecular weight excluding hydrogens is 172 g/mol. The largest absolute Gasteiger partial charge is 0.297 e. The van der Waals surface area contributed by atoms with Crippen LogP contribution in [0.3, 0.4) is 0 Å². The second kappa shape index (κ2) is 4.63. The van der Waals surface area contributed by atoms with Crippen molar-refractivity contribution in [1.29, 1.82) is 0 Å². The van der Waals surface area contributed by atoms with Gasteiger partial charge in [-0.3, -0.25) is 9.80 Å². The van der Waals surface area contributed by atoms with Crippen LogP contribution in [0.5, 0.6) is 0 Å². The summed E-state index contributed by atoms with van der Waals surface area (Å²) in [4.78, 5) is 5.16. The lowest BCUT2D eigenvalue weighted by Crippen LogP contribution is -2.40. The Bertz CT molecular complexity index is 167. The number of rotatable bonds is 5. The van der Waals surface area contributed by atoms with E-state index in [0.717, 1.165) is 12.1 Å². The van der Waals surface area contributed by atoms with Crippen molar-refractivity contribution in [2.24, 2.45) is 0 Å². The van der Waals surface area contributed by atoms with Gasteiger partial charge in [0.2, 0.25) is 0 Å². The predicted octanol–water partition coefficient (Wildman–Crippen LogP) is 2.20. The Balaban J connectivity index is 2.36. The molecule has 14 heavy (non-hydrogen) atoms. The highest BCUT2D eigenvalue weighted by molar-refractivity contribution is 4.94. The van der Waals surface area contributed by atoms with Gasteiger partial charge in [-0.15, -0.1) is 0 Å². The van der Waals surface area contributed by atoms with Crippen molar-refractivity contribution < 1.29 is 0 Å². The second-order valence-corrected chi connectivity index (χ2v) is 5.33. The molecule has 0 amide bonds. The highest BCUT2D eigenvalue weighted by Gasteiger charge is 2.37. The van der Waals surface area contributed by atoms with Crippen molar-refractivity contribution in [2.45, 2.75) is 65.7 Å². The van der Waals surface area contributed by atoms with Crippen molar-refractivity contribution in [2.75, 3.05) is 13.1 Å². The third-order valence-corrected chi connectivity index (χ3v) is 3.17. The van der Waals surface area contributed by atoms with E-state index in [0.29, 0.717) is 12.1 Å². The van der Waals surface area contributed by atoms with E-state index < -0.39 is 0 Å². The molecule has 0 bridgehead atoms. The molecule has 2 atom stereocenters. The monoisotopic (exact) mass is 198 g/mol. The molecule has 1 aliphatic rings. The zero-order valence-corrected chi connectivity index (χ0v) is 10.6. The first-order valence-electron chi connectivity index (χ1n) is 5.95. The summed E-state index contributed by atoms with van der Waals surface area (Å²) in [5.74, 6) is 0. The van der Waals surface area contributed by atoms with Gasteiger partial charge in [-0.2, -0.15) is 0 Å². The maximum absolute atomic E-state index is 2.59. The fourth-order valence-electron chi connectivity index (χ4n) is 2.25. The molecule has 0 aromatic rings. The van der Waals surface area contributed by atoms with Gasteiger partial charge in [0.05, 0.1) is 0 Å². The summed E-state index contributed by atoms with van der Waals surface area (Å²) >= 11 is 0. The van der Waals surface area contributed by atoms with Crippen LogP contribution in [-0.4, -0.2) is 47.1 Å². The molecule has 0 aliphatic carbocycles. The molecule has 2 nitrogen and oxygen atoms in total. The van der Waals surface area contributed by atoms with E-state index in [2.05, 4.69) is 51.3 Å². The summed E-state index contributed by atoms with van der Waals surface area (Å²) in [5.41, 5.74) is 0. The third-order valence-electron chi connectivity index (χ3n) is 3.17. The fourth-order valence-corrected chi connectivity index (χ4v) is 2.25. The fraction of sp³-hybridized carbons (Fsp3) is 1.00. The summed E-state index contributed by atoms with van der Waals surface area (Å²) in [5, 5.41) is 0. The molecule has 0 saturated carbocycles. The molecule has 0 N–H and O–H groups in total. The molecule has 0 aromatic heterocycles. The Hall–Kier alpha value is -0.0800. The van der Waals surface area contributed by atoms with Gasteiger partial charge in [0.25, 0.3) is 0 Å². The molecule has 2 heteroatoms. The maximum Gasteiger partial charge on any atom is 0.0354 e. The first kappa shape index (κ1) is 12.0. The van der Waals surface area contributed by atoms with Gasteiger partial charge in [-0.25, -0.2) is 0 Å². The van der Waals surface area contributed by atoms with E-state index in [9.17, 15) is 0 Å². The van der Waals surface area contributed by atoms with Crippen LogP contribution in [0.4, 0.5) is 0 Å². The van der Waals surface area contributed by atoms with Crippen molar-refractivity contribution >= 4 is 0 Å². The van der Waals surface area contributed by atoms with Crippen LogP contribution in [0.25, 0.3) is 0 Å². The third kappa shape index (κ3) is 2.96. The zero-order valence-electron chi connectivity index (χ0n) is 10.6. The minimum absolute atomic E-state index is 0.671. The van der Waals surface area contributed by atoms with Crippen LogP contribution in [0.1, 0.15) is 41.5 Å². The molecule has 1 saturated heterocycles. The molecular formula is C12H26N2. The summed E-state index contributed by atoms with van der Waals surface area (Å²) in [7, 11) is 0. The first-order chi connectivity index (χ1) is 6.43. The van der Waals surface area contributed by atoms with Crippen LogP contribution in [0.15, 0.2) is 0 Å². The zero-order chi connectivity index (χ0) is 10.9. The minimum atomic E-state index is 0.671. The van der Waals surface area contributed by atoms with Gasteiger partial charge >= 0.3 is 0 Å². The molecule has 0 aromatic carbocycles. The molecule has 0 spiro atoms. The minimum Gasteiger partial charge on any atom is -0.297 e. The number of hydrogen-bond donors (Lipinski definition) is 0. The van der Waals surface area contributed by atoms with E-state index in [1.54, 1.807) is 0 Å². The van der Waals surface area contributed by atoms with Gasteiger partial charge < -0.3 is 0 Å². The van der Waals surface area contributed by atoms with E-state index in [-0.39, 0.29) is 0 Å². The highest BCUT2D eigenvalue weighted by atomic mass is 15.4. The second-order valence-electron chi connectivity index (χ2n) is 5.33. The lowest BCUT2D eigenvalue weighted by atomic mass is 10.2. The highest BCUT2D eigenvalue weighted by Crippen LogP contribution is 2.23. The summed E-state index contributed by atoms with van der Waals surface area (Å²) in [6, 6.07) is 2.88. The van der Waals surface area contributed by atoms with Gasteiger partial charge in [0.15, 0.2) is 0 Å². The van der Waals surface area contributed by atoms with Gasteiger partial charge in [0, 0.05) is 37.3 Å². The molecule has 1 rings (SSSR count). The van der Waals surface area contributed by atoms with E-state index in [1.165, 1.54) is 13.1 Å². The van der Waals surface area contributed by atoms with E-state index in [1.807, 2.05) is 0 Å². The van der Waals surface area contributed by atoms with Gasteiger partial charge in [-0.05, 0) is 41.5 Å². The number of hydrogen-bond acceptors (Lipinski definition) is 2. The first-order valence-corrected chi connectivity index (χ1v) is 5.95. The molecule has 1 heterocycles. The molecule has 84 valence electrons. The van der Waals surface area contributed by atoms with Crippen LogP contribution < -0.4 is 0 Å². The van der Waals surface area contributed by atoms with Crippen molar-refractivity contribution in [1.82, 2.24) is 9.80 Å². The van der Waals surface area contributed by atoms with Crippen molar-refractivity contribution in [3.05, 3.63) is 0 Å². The topological polar surface area (TPSA) is 6.25 Å². The molecule has 1 aliphatic heterocycles. The summed E-state index contributed by atoms with van der Waals surface area (Å²) in [6.07, 6.45) is 0. The lowest BCUT2D eigenvalue weighted by Gasteiger charge is -2.30. The smallest absolute Gasteiger partial charge is 0.0354 e. The van der Waals surface area contributed by atoms with Crippen LogP contribution in [0, 0.1) is 0 Å². The summed E-state index contributed by atoms with van der Waals surface area (Å²) in [6.45, 7) is 16.3. The van der Waals surface area contributed by atoms with Gasteiger partial charge in [0.1, 0.15) is 0 Å². The molecule has 0 radical (unpaired) electrons. The Kier molecular flexibility index (Phi) is 3.96. The van der Waals surface area contributed by atoms with Gasteiger partial charge in [-0.1, -0.05) is 0 Å². The maximum atomic E-state index is 2.59. The summed E-state index contributed by atoms with van der Waals surface area (Å²) < 4.78 is 0. The Morgan fingerprint density at radius 3 is 1.86 bits per heavy atom. The van der Waals surface area contributed by atoms with Crippen LogP contribution >= 0.6 is 0 Å². The Morgan fingerprint density at radius 1 is 1.07 bits per heavy atom. The molecule has 2 unspecified atom stereocenters. The van der Waals surface area contributed by atoms with Crippen LogP contribution in [-0.2, 0) is 0 Å².